The summed E-state index contributed by atoms with van der Waals surface area (Å²) in [5, 5.41) is 0. The molecule has 8 aromatic rings. The molecule has 0 N–H and O–H groups in total. The maximum Gasteiger partial charge on any atom is 0.252 e. The van der Waals surface area contributed by atoms with Crippen LogP contribution in [0.1, 0.15) is 133 Å². The first-order valence-corrected chi connectivity index (χ1v) is 26.6. The summed E-state index contributed by atoms with van der Waals surface area (Å²) < 4.78 is 0. The summed E-state index contributed by atoms with van der Waals surface area (Å²) in [7, 11) is 0. The minimum Gasteiger partial charge on any atom is -0.311 e. The van der Waals surface area contributed by atoms with Crippen molar-refractivity contribution in [3.8, 4) is 11.1 Å². The van der Waals surface area contributed by atoms with Crippen molar-refractivity contribution >= 4 is 74.3 Å². The largest absolute Gasteiger partial charge is 0.311 e. The highest BCUT2D eigenvalue weighted by atomic mass is 15.2. The third-order valence-electron chi connectivity index (χ3n) is 18.2. The van der Waals surface area contributed by atoms with Crippen molar-refractivity contribution in [1.82, 2.24) is 0 Å². The minimum absolute atomic E-state index is 0.00251. The maximum atomic E-state index is 2.72. The Morgan fingerprint density at radius 2 is 0.944 bits per heavy atom. The van der Waals surface area contributed by atoms with Gasteiger partial charge in [-0.2, -0.15) is 0 Å². The average molecular weight is 938 g/mol. The fraction of sp³-hybridized carbons (Fsp3) is 0.294. The first kappa shape index (κ1) is 45.1. The molecule has 3 aliphatic carbocycles. The van der Waals surface area contributed by atoms with Crippen LogP contribution >= 0.6 is 0 Å². The molecule has 0 spiro atoms. The Balaban J connectivity index is 1.13. The molecule has 0 saturated carbocycles. The Bertz CT molecular complexity index is 3540. The van der Waals surface area contributed by atoms with E-state index in [0.29, 0.717) is 0 Å². The number of benzene rings is 8. The summed E-state index contributed by atoms with van der Waals surface area (Å²) >= 11 is 0. The molecule has 0 radical (unpaired) electrons. The van der Waals surface area contributed by atoms with Gasteiger partial charge >= 0.3 is 0 Å². The second-order valence-corrected chi connectivity index (χ2v) is 25.3. The zero-order chi connectivity index (χ0) is 50.0. The SMILES string of the molecule is Cc1cc2c3c(c1)N(c1cc4c(cc1C)C(C)(C)CCC4(C)C)c1cc4c(cc1B3c1ccc(N(c3ccccc3)c3ccccc3)cc1N2c1ccc2c(c1)C(C)(C)c1ccccc1-2)C(C)(C)CC4(C)C. The van der Waals surface area contributed by atoms with E-state index in [1.54, 1.807) is 0 Å². The molecule has 3 nitrogen and oxygen atoms in total. The van der Waals surface area contributed by atoms with Crippen LogP contribution in [0.3, 0.4) is 0 Å². The third-order valence-corrected chi connectivity index (χ3v) is 18.2. The second-order valence-electron chi connectivity index (χ2n) is 25.3. The van der Waals surface area contributed by atoms with Crippen LogP contribution in [0.4, 0.5) is 51.2 Å². The molecule has 2 aliphatic heterocycles. The number of hydrogen-bond donors (Lipinski definition) is 0. The lowest BCUT2D eigenvalue weighted by Crippen LogP contribution is -2.61. The highest BCUT2D eigenvalue weighted by molar-refractivity contribution is 7.00. The topological polar surface area (TPSA) is 9.72 Å². The molecule has 4 heteroatoms. The van der Waals surface area contributed by atoms with Crippen LogP contribution in [0.25, 0.3) is 11.1 Å². The van der Waals surface area contributed by atoms with Crippen LogP contribution in [0.15, 0.2) is 158 Å². The highest BCUT2D eigenvalue weighted by Crippen LogP contribution is 2.56. The minimum atomic E-state index is -0.155. The average Bonchev–Trinajstić information content (AvgIpc) is 3.69. The van der Waals surface area contributed by atoms with E-state index in [1.807, 2.05) is 0 Å². The van der Waals surface area contributed by atoms with Crippen LogP contribution in [0.5, 0.6) is 0 Å². The van der Waals surface area contributed by atoms with E-state index in [2.05, 4.69) is 256 Å². The predicted octanol–water partition coefficient (Wildman–Crippen LogP) is 16.5. The summed E-state index contributed by atoms with van der Waals surface area (Å²) in [6.07, 6.45) is 3.48. The van der Waals surface area contributed by atoms with Crippen LogP contribution < -0.4 is 31.1 Å². The molecule has 0 atom stereocenters. The van der Waals surface area contributed by atoms with E-state index in [-0.39, 0.29) is 33.8 Å². The van der Waals surface area contributed by atoms with Crippen LogP contribution in [0, 0.1) is 13.8 Å². The zero-order valence-corrected chi connectivity index (χ0v) is 44.6. The molecule has 0 fully saturated rings. The molecule has 2 heterocycles. The van der Waals surface area contributed by atoms with Gasteiger partial charge in [0.25, 0.3) is 6.71 Å². The zero-order valence-electron chi connectivity index (χ0n) is 44.6. The van der Waals surface area contributed by atoms with Crippen LogP contribution in [0.2, 0.25) is 0 Å². The molecule has 8 aromatic carbocycles. The van der Waals surface area contributed by atoms with Crippen LogP contribution in [-0.4, -0.2) is 6.71 Å². The lowest BCUT2D eigenvalue weighted by molar-refractivity contribution is 0.332. The number of anilines is 9. The first-order chi connectivity index (χ1) is 34.2. The third kappa shape index (κ3) is 6.42. The normalized spacial score (nSPS) is 18.3. The Morgan fingerprint density at radius 3 is 1.61 bits per heavy atom. The monoisotopic (exact) mass is 938 g/mol. The van der Waals surface area contributed by atoms with Crippen molar-refractivity contribution in [3.05, 3.63) is 202 Å². The van der Waals surface area contributed by atoms with Gasteiger partial charge in [-0.1, -0.05) is 154 Å². The lowest BCUT2D eigenvalue weighted by atomic mass is 9.33. The molecule has 72 heavy (non-hydrogen) atoms. The van der Waals surface area contributed by atoms with Gasteiger partial charge in [-0.15, -0.1) is 0 Å². The number of aryl methyl sites for hydroxylation is 2. The Kier molecular flexibility index (Phi) is 9.49. The van der Waals surface area contributed by atoms with Crippen molar-refractivity contribution in [2.75, 3.05) is 14.7 Å². The molecule has 0 amide bonds. The van der Waals surface area contributed by atoms with Crippen molar-refractivity contribution in [2.45, 2.75) is 129 Å². The fourth-order valence-electron chi connectivity index (χ4n) is 14.6. The standard InChI is InChI=1S/C68H68BN3/c1-42-33-61-63-62(34-42)72(58-39-54-52(35-43(58)2)64(3,4)31-32-65(54,5)6)60-40-55-53(66(7,8)41-67(55,9)10)38-57(60)69(63)56-30-28-47(70(44-21-15-13-16-22-44)45-23-17-14-18-24-45)37-59(56)71(61)46-27-29-49-48-25-19-20-26-50(48)68(11,12)51(49)36-46/h13-30,33-40H,31-32,41H2,1-12H3. The predicted molar refractivity (Wildman–Crippen MR) is 308 cm³/mol. The van der Waals surface area contributed by atoms with Gasteiger partial charge in [-0.25, -0.2) is 0 Å². The highest BCUT2D eigenvalue weighted by Gasteiger charge is 2.49. The fourth-order valence-corrected chi connectivity index (χ4v) is 14.6. The Hall–Kier alpha value is -6.78. The maximum absolute atomic E-state index is 2.72. The van der Waals surface area contributed by atoms with Crippen molar-refractivity contribution in [1.29, 1.82) is 0 Å². The van der Waals surface area contributed by atoms with E-state index in [9.17, 15) is 0 Å². The first-order valence-electron chi connectivity index (χ1n) is 26.6. The number of nitrogens with zero attached hydrogens (tertiary/aromatic N) is 3. The van der Waals surface area contributed by atoms with Gasteiger partial charge in [0, 0.05) is 56.6 Å². The summed E-state index contributed by atoms with van der Waals surface area (Å²) in [5.74, 6) is 0. The lowest BCUT2D eigenvalue weighted by Gasteiger charge is -2.47. The summed E-state index contributed by atoms with van der Waals surface area (Å²) in [5.41, 5.74) is 29.2. The molecule has 0 unspecified atom stereocenters. The van der Waals surface area contributed by atoms with E-state index >= 15 is 0 Å². The molecule has 0 bridgehead atoms. The molecular formula is C68H68BN3. The van der Waals surface area contributed by atoms with Gasteiger partial charge in [-0.3, -0.25) is 0 Å². The van der Waals surface area contributed by atoms with Gasteiger partial charge in [0.1, 0.15) is 0 Å². The Labute approximate surface area is 429 Å². The quantitative estimate of drug-likeness (QED) is 0.159. The summed E-state index contributed by atoms with van der Waals surface area (Å²) in [6, 6.07) is 61.0. The van der Waals surface area contributed by atoms with Gasteiger partial charge in [0.15, 0.2) is 0 Å². The van der Waals surface area contributed by atoms with Crippen molar-refractivity contribution in [2.24, 2.45) is 0 Å². The number of hydrogen-bond acceptors (Lipinski definition) is 3. The van der Waals surface area contributed by atoms with Gasteiger partial charge in [0.2, 0.25) is 0 Å². The second kappa shape index (κ2) is 15.1. The number of rotatable bonds is 5. The molecular weight excluding hydrogens is 870 g/mol. The molecule has 0 saturated heterocycles. The summed E-state index contributed by atoms with van der Waals surface area (Å²) in [6.45, 7) is 29.3. The van der Waals surface area contributed by atoms with Crippen molar-refractivity contribution in [3.63, 3.8) is 0 Å². The van der Waals surface area contributed by atoms with Gasteiger partial charge in [0.05, 0.1) is 0 Å². The molecule has 358 valence electrons. The molecule has 5 aliphatic rings. The Morgan fingerprint density at radius 1 is 0.403 bits per heavy atom. The van der Waals surface area contributed by atoms with E-state index in [4.69, 9.17) is 0 Å². The van der Waals surface area contributed by atoms with Crippen LogP contribution in [-0.2, 0) is 27.1 Å². The van der Waals surface area contributed by atoms with E-state index < -0.39 is 0 Å². The number of fused-ring (bicyclic) bond motifs is 9. The number of para-hydroxylation sites is 2. The molecule has 13 rings (SSSR count). The van der Waals surface area contributed by atoms with E-state index in [1.165, 1.54) is 119 Å². The van der Waals surface area contributed by atoms with Crippen molar-refractivity contribution < 1.29 is 0 Å². The van der Waals surface area contributed by atoms with Gasteiger partial charge < -0.3 is 14.7 Å². The smallest absolute Gasteiger partial charge is 0.252 e. The van der Waals surface area contributed by atoms with E-state index in [0.717, 1.165) is 23.5 Å². The molecule has 0 aromatic heterocycles. The van der Waals surface area contributed by atoms with Gasteiger partial charge in [-0.05, 0) is 200 Å². The summed E-state index contributed by atoms with van der Waals surface area (Å²) in [4.78, 5) is 7.79.